The lowest BCUT2D eigenvalue weighted by molar-refractivity contribution is -0.390. The van der Waals surface area contributed by atoms with Gasteiger partial charge >= 0.3 is 11.8 Å². The molecule has 7 heteroatoms. The maximum atomic E-state index is 10.8. The number of aliphatic carboxylic acids is 1. The molecule has 0 aromatic carbocycles. The van der Waals surface area contributed by atoms with Gasteiger partial charge in [-0.15, -0.1) is 0 Å². The number of carboxylic acids is 1. The van der Waals surface area contributed by atoms with Crippen LogP contribution in [0, 0.1) is 23.0 Å². The van der Waals surface area contributed by atoms with Gasteiger partial charge in [-0.25, -0.2) is 0 Å². The predicted molar refractivity (Wildman–Crippen MR) is 57.7 cm³/mol. The molecule has 0 radical (unpaired) electrons. The smallest absolute Gasteiger partial charge is 0.385 e. The fourth-order valence-corrected chi connectivity index (χ4v) is 2.33. The Bertz CT molecular complexity index is 480. The van der Waals surface area contributed by atoms with Crippen molar-refractivity contribution in [2.24, 2.45) is 5.92 Å². The highest BCUT2D eigenvalue weighted by atomic mass is 16.6. The zero-order valence-corrected chi connectivity index (χ0v) is 9.42. The van der Waals surface area contributed by atoms with Gasteiger partial charge in [0, 0.05) is 19.9 Å². The number of rotatable bonds is 3. The van der Waals surface area contributed by atoms with Gasteiger partial charge in [0.25, 0.3) is 0 Å². The van der Waals surface area contributed by atoms with Crippen LogP contribution in [0.5, 0.6) is 0 Å². The van der Waals surface area contributed by atoms with Crippen molar-refractivity contribution < 1.29 is 14.8 Å². The van der Waals surface area contributed by atoms with Gasteiger partial charge in [0.1, 0.15) is 5.69 Å². The van der Waals surface area contributed by atoms with E-state index in [-0.39, 0.29) is 18.2 Å². The number of imidazole rings is 1. The summed E-state index contributed by atoms with van der Waals surface area (Å²) in [6.45, 7) is 2.22. The molecule has 1 aromatic rings. The molecule has 0 saturated heterocycles. The van der Waals surface area contributed by atoms with Crippen LogP contribution in [0.4, 0.5) is 5.82 Å². The van der Waals surface area contributed by atoms with E-state index in [9.17, 15) is 14.9 Å². The SMILES string of the molecule is Cc1nc([N+](=O)[O-])c2n1CC(CC(=O)O)CC2. The number of nitro groups is 1. The first-order valence-electron chi connectivity index (χ1n) is 5.41. The third-order valence-corrected chi connectivity index (χ3v) is 3.11. The first kappa shape index (κ1) is 11.6. The number of carboxylic acid groups (broad SMARTS) is 1. The van der Waals surface area contributed by atoms with Crippen LogP contribution in [0.15, 0.2) is 0 Å². The molecular formula is C10H13N3O4. The van der Waals surface area contributed by atoms with Crippen LogP contribution in [0.2, 0.25) is 0 Å². The third-order valence-electron chi connectivity index (χ3n) is 3.11. The second kappa shape index (κ2) is 4.15. The number of aromatic nitrogens is 2. The quantitative estimate of drug-likeness (QED) is 0.629. The first-order valence-corrected chi connectivity index (χ1v) is 5.41. The third kappa shape index (κ3) is 2.13. The van der Waals surface area contributed by atoms with E-state index in [0.29, 0.717) is 30.9 Å². The fraction of sp³-hybridized carbons (Fsp3) is 0.600. The van der Waals surface area contributed by atoms with Crippen molar-refractivity contribution in [3.63, 3.8) is 0 Å². The first-order chi connectivity index (χ1) is 7.99. The van der Waals surface area contributed by atoms with Crippen molar-refractivity contribution in [3.8, 4) is 0 Å². The lowest BCUT2D eigenvalue weighted by atomic mass is 9.95. The molecule has 1 aromatic heterocycles. The Hall–Kier alpha value is -1.92. The van der Waals surface area contributed by atoms with E-state index in [1.807, 2.05) is 0 Å². The second-order valence-electron chi connectivity index (χ2n) is 4.30. The summed E-state index contributed by atoms with van der Waals surface area (Å²) in [6.07, 6.45) is 1.29. The molecule has 1 aliphatic heterocycles. The topological polar surface area (TPSA) is 98.3 Å². The minimum atomic E-state index is -0.828. The molecule has 0 bridgehead atoms. The van der Waals surface area contributed by atoms with E-state index >= 15 is 0 Å². The maximum Gasteiger partial charge on any atom is 0.385 e. The van der Waals surface area contributed by atoms with E-state index in [2.05, 4.69) is 4.98 Å². The molecule has 2 heterocycles. The molecule has 0 fully saturated rings. The van der Waals surface area contributed by atoms with Crippen LogP contribution >= 0.6 is 0 Å². The summed E-state index contributed by atoms with van der Waals surface area (Å²) in [5.41, 5.74) is 0.620. The highest BCUT2D eigenvalue weighted by Gasteiger charge is 2.31. The number of hydrogen-bond acceptors (Lipinski definition) is 4. The summed E-state index contributed by atoms with van der Waals surface area (Å²) < 4.78 is 1.77. The average molecular weight is 239 g/mol. The normalized spacial score (nSPS) is 18.8. The lowest BCUT2D eigenvalue weighted by Gasteiger charge is -2.22. The van der Waals surface area contributed by atoms with Crippen molar-refractivity contribution in [3.05, 3.63) is 21.6 Å². The Morgan fingerprint density at radius 2 is 2.41 bits per heavy atom. The van der Waals surface area contributed by atoms with E-state index in [1.165, 1.54) is 0 Å². The Morgan fingerprint density at radius 3 is 3.00 bits per heavy atom. The van der Waals surface area contributed by atoms with Gasteiger partial charge in [-0.1, -0.05) is 0 Å². The van der Waals surface area contributed by atoms with Gasteiger partial charge in [-0.2, -0.15) is 0 Å². The Balaban J connectivity index is 2.27. The summed E-state index contributed by atoms with van der Waals surface area (Å²) in [7, 11) is 0. The van der Waals surface area contributed by atoms with Gasteiger partial charge in [0.05, 0.1) is 0 Å². The summed E-state index contributed by atoms with van der Waals surface area (Å²) in [6, 6.07) is 0. The van der Waals surface area contributed by atoms with Crippen molar-refractivity contribution in [2.75, 3.05) is 0 Å². The molecule has 0 aliphatic carbocycles. The van der Waals surface area contributed by atoms with Crippen LogP contribution in [0.25, 0.3) is 0 Å². The largest absolute Gasteiger partial charge is 0.481 e. The highest BCUT2D eigenvalue weighted by molar-refractivity contribution is 5.67. The Labute approximate surface area is 97.2 Å². The monoisotopic (exact) mass is 239 g/mol. The van der Waals surface area contributed by atoms with Crippen molar-refractivity contribution in [1.82, 2.24) is 9.55 Å². The van der Waals surface area contributed by atoms with Crippen molar-refractivity contribution in [1.29, 1.82) is 0 Å². The van der Waals surface area contributed by atoms with Crippen molar-refractivity contribution >= 4 is 11.8 Å². The molecule has 0 amide bonds. The molecule has 0 saturated carbocycles. The maximum absolute atomic E-state index is 10.8. The molecular weight excluding hydrogens is 226 g/mol. The Morgan fingerprint density at radius 1 is 1.71 bits per heavy atom. The van der Waals surface area contributed by atoms with Crippen LogP contribution in [0.3, 0.4) is 0 Å². The van der Waals surface area contributed by atoms with Gasteiger partial charge < -0.3 is 19.8 Å². The predicted octanol–water partition coefficient (Wildman–Crippen LogP) is 1.14. The molecule has 7 nitrogen and oxygen atoms in total. The molecule has 1 aliphatic rings. The molecule has 1 atom stereocenters. The second-order valence-corrected chi connectivity index (χ2v) is 4.30. The van der Waals surface area contributed by atoms with E-state index in [1.54, 1.807) is 11.5 Å². The standard InChI is InChI=1S/C10H13N3O4/c1-6-11-10(13(16)17)8-3-2-7(4-9(14)15)5-12(6)8/h7H,2-5H2,1H3,(H,14,15). The lowest BCUT2D eigenvalue weighted by Crippen LogP contribution is -2.23. The summed E-state index contributed by atoms with van der Waals surface area (Å²) in [5.74, 6) is -0.295. The number of aryl methyl sites for hydroxylation is 1. The van der Waals surface area contributed by atoms with Gasteiger partial charge in [0.2, 0.25) is 5.82 Å². The van der Waals surface area contributed by atoms with Gasteiger partial charge in [-0.3, -0.25) is 4.79 Å². The fourth-order valence-electron chi connectivity index (χ4n) is 2.33. The van der Waals surface area contributed by atoms with Gasteiger partial charge in [0.15, 0.2) is 0 Å². The van der Waals surface area contributed by atoms with Crippen molar-refractivity contribution in [2.45, 2.75) is 32.7 Å². The summed E-state index contributed by atoms with van der Waals surface area (Å²) >= 11 is 0. The minimum Gasteiger partial charge on any atom is -0.481 e. The number of nitrogens with zero attached hydrogens (tertiary/aromatic N) is 3. The van der Waals surface area contributed by atoms with Crippen LogP contribution in [-0.2, 0) is 17.8 Å². The minimum absolute atomic E-state index is 0.0347. The average Bonchev–Trinajstić information content (AvgIpc) is 2.55. The zero-order valence-electron chi connectivity index (χ0n) is 9.42. The Kier molecular flexibility index (Phi) is 2.83. The molecule has 17 heavy (non-hydrogen) atoms. The zero-order chi connectivity index (χ0) is 12.6. The van der Waals surface area contributed by atoms with E-state index in [0.717, 1.165) is 0 Å². The highest BCUT2D eigenvalue weighted by Crippen LogP contribution is 2.29. The van der Waals surface area contributed by atoms with Crippen LogP contribution < -0.4 is 0 Å². The number of hydrogen-bond donors (Lipinski definition) is 1. The van der Waals surface area contributed by atoms with Gasteiger partial charge in [-0.05, 0) is 28.7 Å². The summed E-state index contributed by atoms with van der Waals surface area (Å²) in [5, 5.41) is 19.5. The molecule has 0 spiro atoms. The van der Waals surface area contributed by atoms with Crippen LogP contribution in [-0.4, -0.2) is 25.6 Å². The van der Waals surface area contributed by atoms with Crippen LogP contribution in [0.1, 0.15) is 24.4 Å². The molecule has 92 valence electrons. The molecule has 1 unspecified atom stereocenters. The van der Waals surface area contributed by atoms with E-state index in [4.69, 9.17) is 5.11 Å². The number of carbonyl (C=O) groups is 1. The molecule has 1 N–H and O–H groups in total. The molecule has 2 rings (SSSR count). The number of fused-ring (bicyclic) bond motifs is 1. The van der Waals surface area contributed by atoms with E-state index < -0.39 is 10.9 Å². The summed E-state index contributed by atoms with van der Waals surface area (Å²) in [4.78, 5) is 24.9.